The summed E-state index contributed by atoms with van der Waals surface area (Å²) in [6.45, 7) is 4.32. The maximum Gasteiger partial charge on any atom is 0.303 e. The Hall–Kier alpha value is -2.24. The molecule has 2 aromatic rings. The number of carbonyl (C=O) groups is 2. The van der Waals surface area contributed by atoms with Gasteiger partial charge >= 0.3 is 5.97 Å². The zero-order valence-corrected chi connectivity index (χ0v) is 18.4. The van der Waals surface area contributed by atoms with Gasteiger partial charge in [0.15, 0.2) is 0 Å². The number of hydrogen-bond acceptors (Lipinski definition) is 4. The monoisotopic (exact) mass is 426 g/mol. The molecule has 1 fully saturated rings. The molecule has 1 saturated carbocycles. The van der Waals surface area contributed by atoms with Crippen LogP contribution in [-0.2, 0) is 15.0 Å². The van der Waals surface area contributed by atoms with Crippen LogP contribution in [0.1, 0.15) is 50.8 Å². The number of fused-ring (bicyclic) bond motifs is 1. The summed E-state index contributed by atoms with van der Waals surface area (Å²) in [5.41, 5.74) is -0.188. The van der Waals surface area contributed by atoms with Gasteiger partial charge in [0.05, 0.1) is 6.10 Å². The molecule has 1 aliphatic carbocycles. The molecule has 0 aliphatic heterocycles. The quantitative estimate of drug-likeness (QED) is 0.410. The molecule has 0 spiro atoms. The van der Waals surface area contributed by atoms with Crippen LogP contribution < -0.4 is 0 Å². The van der Waals surface area contributed by atoms with Crippen molar-refractivity contribution in [2.24, 2.45) is 11.8 Å². The van der Waals surface area contributed by atoms with Crippen molar-refractivity contribution in [3.05, 3.63) is 59.5 Å². The summed E-state index contributed by atoms with van der Waals surface area (Å²) in [5.74, 6) is -1.09. The molecule has 1 aromatic heterocycles. The number of benzene rings is 1. The molecule has 3 rings (SSSR count). The fourth-order valence-corrected chi connectivity index (χ4v) is 5.14. The van der Waals surface area contributed by atoms with E-state index in [2.05, 4.69) is 38.1 Å². The number of Topliss-reactive ketones (excluding diaryl/α,β-unsaturated/α-hetero) is 1. The van der Waals surface area contributed by atoms with E-state index in [1.165, 1.54) is 15.0 Å². The Morgan fingerprint density at radius 1 is 1.27 bits per heavy atom. The van der Waals surface area contributed by atoms with Gasteiger partial charge in [-0.05, 0) is 36.8 Å². The van der Waals surface area contributed by atoms with Crippen LogP contribution in [0.5, 0.6) is 0 Å². The molecule has 1 heterocycles. The molecule has 0 radical (unpaired) electrons. The highest BCUT2D eigenvalue weighted by Crippen LogP contribution is 2.38. The van der Waals surface area contributed by atoms with E-state index < -0.39 is 12.1 Å². The van der Waals surface area contributed by atoms with Crippen LogP contribution in [0.3, 0.4) is 0 Å². The van der Waals surface area contributed by atoms with E-state index >= 15 is 0 Å². The van der Waals surface area contributed by atoms with Crippen LogP contribution in [0.25, 0.3) is 10.1 Å². The van der Waals surface area contributed by atoms with Crippen molar-refractivity contribution >= 4 is 33.2 Å². The summed E-state index contributed by atoms with van der Waals surface area (Å²) in [6, 6.07) is 10.6. The lowest BCUT2D eigenvalue weighted by Crippen LogP contribution is -2.20. The number of carboxylic acid groups (broad SMARTS) is 1. The number of hydrogen-bond donors (Lipinski definition) is 2. The van der Waals surface area contributed by atoms with Crippen LogP contribution in [0.4, 0.5) is 0 Å². The summed E-state index contributed by atoms with van der Waals surface area (Å²) in [7, 11) is 0. The van der Waals surface area contributed by atoms with Crippen molar-refractivity contribution in [2.45, 2.75) is 57.5 Å². The summed E-state index contributed by atoms with van der Waals surface area (Å²) < 4.78 is 1.26. The van der Waals surface area contributed by atoms with Gasteiger partial charge in [-0.15, -0.1) is 11.3 Å². The molecule has 0 saturated heterocycles. The van der Waals surface area contributed by atoms with Crippen LogP contribution in [0, 0.1) is 11.8 Å². The molecule has 5 heteroatoms. The van der Waals surface area contributed by atoms with E-state index in [9.17, 15) is 14.7 Å². The Morgan fingerprint density at radius 2 is 2.03 bits per heavy atom. The highest BCUT2D eigenvalue weighted by molar-refractivity contribution is 7.19. The second-order valence-electron chi connectivity index (χ2n) is 8.64. The van der Waals surface area contributed by atoms with Crippen LogP contribution in [0.15, 0.2) is 54.6 Å². The second-order valence-corrected chi connectivity index (χ2v) is 9.73. The number of aliphatic carboxylic acids is 1. The maximum atomic E-state index is 12.4. The predicted octanol–water partition coefficient (Wildman–Crippen LogP) is 5.50. The van der Waals surface area contributed by atoms with E-state index in [0.29, 0.717) is 19.3 Å². The molecule has 0 bridgehead atoms. The molecule has 1 aliphatic rings. The number of allylic oxidation sites excluding steroid dienone is 3. The first-order valence-corrected chi connectivity index (χ1v) is 11.4. The highest BCUT2D eigenvalue weighted by Gasteiger charge is 2.39. The molecule has 3 atom stereocenters. The molecular formula is C25H30O4S. The zero-order valence-electron chi connectivity index (χ0n) is 17.6. The Kier molecular flexibility index (Phi) is 7.27. The van der Waals surface area contributed by atoms with E-state index in [1.807, 2.05) is 30.4 Å². The Morgan fingerprint density at radius 3 is 2.77 bits per heavy atom. The molecule has 4 nitrogen and oxygen atoms in total. The first kappa shape index (κ1) is 22.4. The Labute approximate surface area is 181 Å². The average Bonchev–Trinajstić information content (AvgIpc) is 3.24. The predicted molar refractivity (Wildman–Crippen MR) is 122 cm³/mol. The number of ketones is 1. The molecule has 1 aromatic carbocycles. The number of thiophene rings is 1. The Balaban J connectivity index is 1.67. The van der Waals surface area contributed by atoms with Crippen LogP contribution in [-0.4, -0.2) is 28.1 Å². The van der Waals surface area contributed by atoms with E-state index in [-0.39, 0.29) is 35.9 Å². The normalized spacial score (nSPS) is 22.6. The molecule has 160 valence electrons. The van der Waals surface area contributed by atoms with Crippen molar-refractivity contribution in [2.75, 3.05) is 0 Å². The standard InChI is InChI=1S/C25H30O4S/c1-25(2,23-15-17-9-7-8-11-22(17)30-23)14-13-19-18(20(26)16-21(19)27)10-5-3-4-6-12-24(28)29/h3,5,7-9,11,13-15,18-19,21,27H,4,6,10,12,16H2,1-2H3,(H,28,29)/t18-,19-,21-/m1/s1. The summed E-state index contributed by atoms with van der Waals surface area (Å²) in [5, 5.41) is 20.4. The first-order valence-electron chi connectivity index (χ1n) is 10.5. The molecule has 0 amide bonds. The topological polar surface area (TPSA) is 74.6 Å². The van der Waals surface area contributed by atoms with Gasteiger partial charge in [-0.3, -0.25) is 9.59 Å². The molecular weight excluding hydrogens is 396 g/mol. The van der Waals surface area contributed by atoms with Crippen LogP contribution >= 0.6 is 11.3 Å². The minimum atomic E-state index is -0.788. The zero-order chi connectivity index (χ0) is 21.7. The van der Waals surface area contributed by atoms with E-state index in [1.54, 1.807) is 11.3 Å². The SMILES string of the molecule is CC(C)(C=C[C@H]1[C@H](O)CC(=O)[C@@H]1CC=CCCCC(=O)O)c1cc2ccccc2s1. The van der Waals surface area contributed by atoms with Crippen molar-refractivity contribution in [1.82, 2.24) is 0 Å². The largest absolute Gasteiger partial charge is 0.481 e. The second kappa shape index (κ2) is 9.71. The summed E-state index contributed by atoms with van der Waals surface area (Å²) in [6.07, 6.45) is 9.66. The van der Waals surface area contributed by atoms with E-state index in [0.717, 1.165) is 0 Å². The fourth-order valence-electron chi connectivity index (χ4n) is 3.99. The third kappa shape index (κ3) is 5.46. The number of aliphatic hydroxyl groups excluding tert-OH is 1. The number of rotatable bonds is 9. The van der Waals surface area contributed by atoms with Crippen molar-refractivity contribution in [1.29, 1.82) is 0 Å². The van der Waals surface area contributed by atoms with Gasteiger partial charge in [0, 0.05) is 39.7 Å². The van der Waals surface area contributed by atoms with Gasteiger partial charge in [0.25, 0.3) is 0 Å². The van der Waals surface area contributed by atoms with Gasteiger partial charge in [-0.1, -0.05) is 56.4 Å². The number of carbonyl (C=O) groups excluding carboxylic acids is 1. The lowest BCUT2D eigenvalue weighted by molar-refractivity contribution is -0.137. The lowest BCUT2D eigenvalue weighted by atomic mass is 9.85. The summed E-state index contributed by atoms with van der Waals surface area (Å²) in [4.78, 5) is 24.2. The fraction of sp³-hybridized carbons (Fsp3) is 0.440. The molecule has 0 unspecified atom stereocenters. The lowest BCUT2D eigenvalue weighted by Gasteiger charge is -2.22. The minimum Gasteiger partial charge on any atom is -0.481 e. The van der Waals surface area contributed by atoms with Gasteiger partial charge in [-0.25, -0.2) is 0 Å². The smallest absolute Gasteiger partial charge is 0.303 e. The van der Waals surface area contributed by atoms with Crippen LogP contribution in [0.2, 0.25) is 0 Å². The average molecular weight is 427 g/mol. The minimum absolute atomic E-state index is 0.104. The third-order valence-corrected chi connectivity index (χ3v) is 7.30. The molecule has 30 heavy (non-hydrogen) atoms. The van der Waals surface area contributed by atoms with E-state index in [4.69, 9.17) is 5.11 Å². The van der Waals surface area contributed by atoms with Crippen molar-refractivity contribution < 1.29 is 19.8 Å². The number of aliphatic hydroxyl groups is 1. The first-order chi connectivity index (χ1) is 14.3. The van der Waals surface area contributed by atoms with Gasteiger partial charge < -0.3 is 10.2 Å². The molecule has 2 N–H and O–H groups in total. The van der Waals surface area contributed by atoms with Crippen molar-refractivity contribution in [3.63, 3.8) is 0 Å². The maximum absolute atomic E-state index is 12.4. The van der Waals surface area contributed by atoms with Gasteiger partial charge in [-0.2, -0.15) is 0 Å². The Bertz CT molecular complexity index is 920. The van der Waals surface area contributed by atoms with Crippen molar-refractivity contribution in [3.8, 4) is 0 Å². The number of carboxylic acids is 1. The summed E-state index contributed by atoms with van der Waals surface area (Å²) >= 11 is 1.78. The van der Waals surface area contributed by atoms with Gasteiger partial charge in [0.1, 0.15) is 5.78 Å². The third-order valence-electron chi connectivity index (χ3n) is 5.85. The van der Waals surface area contributed by atoms with Gasteiger partial charge in [0.2, 0.25) is 0 Å². The number of unbranched alkanes of at least 4 members (excludes halogenated alkanes) is 1. The highest BCUT2D eigenvalue weighted by atomic mass is 32.1.